The van der Waals surface area contributed by atoms with Gasteiger partial charge in [0, 0.05) is 11.0 Å². The van der Waals surface area contributed by atoms with Gasteiger partial charge in [0.1, 0.15) is 5.60 Å². The number of hydrogen-bond acceptors (Lipinski definition) is 3. The van der Waals surface area contributed by atoms with Crippen LogP contribution in [0.1, 0.15) is 26.3 Å². The van der Waals surface area contributed by atoms with Gasteiger partial charge < -0.3 is 15.2 Å². The molecule has 116 valence electrons. The van der Waals surface area contributed by atoms with Crippen LogP contribution in [0.4, 0.5) is 4.79 Å². The highest BCUT2D eigenvalue weighted by atomic mass is 79.9. The minimum atomic E-state index is -0.950. The molecule has 0 aliphatic carbocycles. The molecule has 0 heterocycles. The number of carbonyl (C=O) groups is 2. The normalized spacial score (nSPS) is 12.6. The molecule has 1 unspecified atom stereocenters. The predicted molar refractivity (Wildman–Crippen MR) is 83.2 cm³/mol. The van der Waals surface area contributed by atoms with Crippen LogP contribution in [0.5, 0.6) is 0 Å². The van der Waals surface area contributed by atoms with Gasteiger partial charge in [-0.25, -0.2) is 4.79 Å². The van der Waals surface area contributed by atoms with Crippen LogP contribution in [0.3, 0.4) is 0 Å². The Morgan fingerprint density at radius 3 is 2.33 bits per heavy atom. The summed E-state index contributed by atoms with van der Waals surface area (Å²) in [6, 6.07) is 7.42. The molecule has 1 rings (SSSR count). The van der Waals surface area contributed by atoms with E-state index in [-0.39, 0.29) is 6.54 Å². The van der Waals surface area contributed by atoms with Crippen LogP contribution in [0.15, 0.2) is 28.7 Å². The van der Waals surface area contributed by atoms with E-state index in [4.69, 9.17) is 4.74 Å². The van der Waals surface area contributed by atoms with Gasteiger partial charge in [0.2, 0.25) is 0 Å². The van der Waals surface area contributed by atoms with Crippen molar-refractivity contribution in [1.82, 2.24) is 5.32 Å². The highest BCUT2D eigenvalue weighted by molar-refractivity contribution is 9.10. The summed E-state index contributed by atoms with van der Waals surface area (Å²) in [5.41, 5.74) is 0.297. The van der Waals surface area contributed by atoms with E-state index in [1.807, 2.05) is 24.3 Å². The van der Waals surface area contributed by atoms with Crippen molar-refractivity contribution >= 4 is 28.0 Å². The van der Waals surface area contributed by atoms with E-state index in [1.165, 1.54) is 0 Å². The molecule has 0 saturated carbocycles. The summed E-state index contributed by atoms with van der Waals surface area (Å²) in [6.45, 7) is 5.29. The van der Waals surface area contributed by atoms with Crippen molar-refractivity contribution in [2.24, 2.45) is 5.92 Å². The van der Waals surface area contributed by atoms with Gasteiger partial charge in [-0.15, -0.1) is 0 Å². The second-order valence-electron chi connectivity index (χ2n) is 5.75. The lowest BCUT2D eigenvalue weighted by Crippen LogP contribution is -2.37. The van der Waals surface area contributed by atoms with E-state index in [1.54, 1.807) is 20.8 Å². The zero-order valence-corrected chi connectivity index (χ0v) is 13.9. The first kappa shape index (κ1) is 17.5. The smallest absolute Gasteiger partial charge is 0.407 e. The first-order valence-electron chi connectivity index (χ1n) is 6.61. The molecular weight excluding hydrogens is 338 g/mol. The molecule has 0 bridgehead atoms. The molecule has 0 aliphatic heterocycles. The fraction of sp³-hybridized carbons (Fsp3) is 0.467. The van der Waals surface area contributed by atoms with Crippen LogP contribution in [0.25, 0.3) is 0 Å². The average Bonchev–Trinajstić information content (AvgIpc) is 2.34. The maximum absolute atomic E-state index is 11.6. The summed E-state index contributed by atoms with van der Waals surface area (Å²) in [5, 5.41) is 11.7. The lowest BCUT2D eigenvalue weighted by Gasteiger charge is -2.21. The third-order valence-corrected chi connectivity index (χ3v) is 3.16. The summed E-state index contributed by atoms with van der Waals surface area (Å²) in [5.74, 6) is -1.65. The molecule has 21 heavy (non-hydrogen) atoms. The number of halogens is 1. The number of carboxylic acids is 1. The molecule has 0 spiro atoms. The summed E-state index contributed by atoms with van der Waals surface area (Å²) >= 11 is 3.33. The zero-order valence-electron chi connectivity index (χ0n) is 12.4. The number of hydrogen-bond donors (Lipinski definition) is 2. The van der Waals surface area contributed by atoms with Crippen molar-refractivity contribution < 1.29 is 19.4 Å². The molecule has 1 atom stereocenters. The topological polar surface area (TPSA) is 75.6 Å². The van der Waals surface area contributed by atoms with Crippen molar-refractivity contribution in [3.8, 4) is 0 Å². The highest BCUT2D eigenvalue weighted by Gasteiger charge is 2.21. The number of nitrogens with one attached hydrogen (secondary N) is 1. The number of rotatable bonds is 5. The molecule has 0 radical (unpaired) electrons. The highest BCUT2D eigenvalue weighted by Crippen LogP contribution is 2.14. The number of ether oxygens (including phenoxy) is 1. The monoisotopic (exact) mass is 357 g/mol. The minimum absolute atomic E-state index is 0.0281. The second kappa shape index (κ2) is 7.45. The standard InChI is InChI=1S/C15H20BrNO4/c1-15(2,3)21-14(20)17-9-11(13(18)19)8-10-4-6-12(16)7-5-10/h4-7,11H,8-9H2,1-3H3,(H,17,20)(H,18,19). The van der Waals surface area contributed by atoms with Gasteiger partial charge in [0.25, 0.3) is 0 Å². The van der Waals surface area contributed by atoms with Crippen molar-refractivity contribution in [3.63, 3.8) is 0 Å². The summed E-state index contributed by atoms with van der Waals surface area (Å²) in [6.07, 6.45) is -0.261. The first-order chi connectivity index (χ1) is 9.67. The Kier molecular flexibility index (Phi) is 6.20. The Morgan fingerprint density at radius 2 is 1.86 bits per heavy atom. The van der Waals surface area contributed by atoms with Gasteiger partial charge in [-0.1, -0.05) is 28.1 Å². The second-order valence-corrected chi connectivity index (χ2v) is 6.66. The van der Waals surface area contributed by atoms with Gasteiger partial charge in [-0.3, -0.25) is 4.79 Å². The van der Waals surface area contributed by atoms with E-state index in [2.05, 4.69) is 21.2 Å². The van der Waals surface area contributed by atoms with E-state index in [9.17, 15) is 14.7 Å². The number of amides is 1. The molecule has 0 aliphatic rings. The Labute approximate surface area is 132 Å². The van der Waals surface area contributed by atoms with E-state index in [0.29, 0.717) is 6.42 Å². The Hall–Kier alpha value is -1.56. The van der Waals surface area contributed by atoms with Crippen LogP contribution in [-0.2, 0) is 16.0 Å². The van der Waals surface area contributed by atoms with Crippen molar-refractivity contribution in [3.05, 3.63) is 34.3 Å². The summed E-state index contributed by atoms with van der Waals surface area (Å²) < 4.78 is 6.02. The Balaban J connectivity index is 2.56. The van der Waals surface area contributed by atoms with Crippen molar-refractivity contribution in [2.45, 2.75) is 32.8 Å². The number of carboxylic acid groups (broad SMARTS) is 1. The summed E-state index contributed by atoms with van der Waals surface area (Å²) in [4.78, 5) is 22.8. The zero-order chi connectivity index (χ0) is 16.0. The van der Waals surface area contributed by atoms with Crippen LogP contribution in [0, 0.1) is 5.92 Å². The largest absolute Gasteiger partial charge is 0.481 e. The molecule has 1 aromatic carbocycles. The van der Waals surface area contributed by atoms with Crippen LogP contribution >= 0.6 is 15.9 Å². The van der Waals surface area contributed by atoms with Gasteiger partial charge >= 0.3 is 12.1 Å². The summed E-state index contributed by atoms with van der Waals surface area (Å²) in [7, 11) is 0. The molecule has 5 nitrogen and oxygen atoms in total. The minimum Gasteiger partial charge on any atom is -0.481 e. The molecule has 6 heteroatoms. The average molecular weight is 358 g/mol. The maximum Gasteiger partial charge on any atom is 0.407 e. The molecule has 0 saturated heterocycles. The number of aliphatic carboxylic acids is 1. The van der Waals surface area contributed by atoms with Gasteiger partial charge in [0.15, 0.2) is 0 Å². The molecule has 1 amide bonds. The molecule has 0 aromatic heterocycles. The van der Waals surface area contributed by atoms with Gasteiger partial charge in [0.05, 0.1) is 5.92 Å². The number of alkyl carbamates (subject to hydrolysis) is 1. The SMILES string of the molecule is CC(C)(C)OC(=O)NCC(Cc1ccc(Br)cc1)C(=O)O. The number of benzene rings is 1. The lowest BCUT2D eigenvalue weighted by molar-refractivity contribution is -0.141. The number of carbonyl (C=O) groups excluding carboxylic acids is 1. The van der Waals surface area contributed by atoms with Gasteiger partial charge in [-0.05, 0) is 44.9 Å². The van der Waals surface area contributed by atoms with Crippen LogP contribution in [0.2, 0.25) is 0 Å². The molecule has 1 aromatic rings. The fourth-order valence-corrected chi connectivity index (χ4v) is 1.94. The molecular formula is C15H20BrNO4. The molecule has 0 fully saturated rings. The van der Waals surface area contributed by atoms with Crippen LogP contribution < -0.4 is 5.32 Å². The van der Waals surface area contributed by atoms with Gasteiger partial charge in [-0.2, -0.15) is 0 Å². The van der Waals surface area contributed by atoms with E-state index in [0.717, 1.165) is 10.0 Å². The quantitative estimate of drug-likeness (QED) is 0.848. The third kappa shape index (κ3) is 7.13. The van der Waals surface area contributed by atoms with E-state index >= 15 is 0 Å². The van der Waals surface area contributed by atoms with Crippen molar-refractivity contribution in [1.29, 1.82) is 0 Å². The maximum atomic E-state index is 11.6. The Morgan fingerprint density at radius 1 is 1.29 bits per heavy atom. The predicted octanol–water partition coefficient (Wildman–Crippen LogP) is 3.22. The third-order valence-electron chi connectivity index (χ3n) is 2.64. The molecule has 2 N–H and O–H groups in total. The first-order valence-corrected chi connectivity index (χ1v) is 7.41. The van der Waals surface area contributed by atoms with Crippen molar-refractivity contribution in [2.75, 3.05) is 6.54 Å². The Bertz CT molecular complexity index is 493. The van der Waals surface area contributed by atoms with E-state index < -0.39 is 23.6 Å². The lowest BCUT2D eigenvalue weighted by atomic mass is 9.99. The fourth-order valence-electron chi connectivity index (χ4n) is 1.67. The van der Waals surface area contributed by atoms with Crippen LogP contribution in [-0.4, -0.2) is 29.3 Å².